The molecular weight excluding hydrogens is 394 g/mol. The second kappa shape index (κ2) is 8.56. The molecule has 0 saturated heterocycles. The van der Waals surface area contributed by atoms with Gasteiger partial charge in [-0.15, -0.1) is 0 Å². The molecule has 9 nitrogen and oxygen atoms in total. The first kappa shape index (κ1) is 20.7. The summed E-state index contributed by atoms with van der Waals surface area (Å²) in [5, 5.41) is 22.7. The standard InChI is InChI=1S/C21H19NO8/c1-3-28-21(27)22-13-5-7-14-12(8-17(23)30-16(14)9-13)10-29-20(26)15-6-4-11(2)18(24)19(15)25/h4-9,24-25H,3,10H2,1-2H3,(H,22,27). The summed E-state index contributed by atoms with van der Waals surface area (Å²) in [7, 11) is 0. The third kappa shape index (κ3) is 4.35. The van der Waals surface area contributed by atoms with Crippen LogP contribution in [-0.2, 0) is 16.1 Å². The highest BCUT2D eigenvalue weighted by molar-refractivity contribution is 5.94. The Morgan fingerprint density at radius 3 is 2.57 bits per heavy atom. The molecule has 0 spiro atoms. The third-order valence-electron chi connectivity index (χ3n) is 4.28. The van der Waals surface area contributed by atoms with Gasteiger partial charge in [-0.1, -0.05) is 6.07 Å². The van der Waals surface area contributed by atoms with Gasteiger partial charge in [0, 0.05) is 28.8 Å². The summed E-state index contributed by atoms with van der Waals surface area (Å²) < 4.78 is 15.2. The Morgan fingerprint density at radius 2 is 1.83 bits per heavy atom. The zero-order valence-electron chi connectivity index (χ0n) is 16.2. The van der Waals surface area contributed by atoms with Crippen molar-refractivity contribution >= 4 is 28.7 Å². The molecule has 0 aliphatic rings. The van der Waals surface area contributed by atoms with Gasteiger partial charge in [0.25, 0.3) is 0 Å². The van der Waals surface area contributed by atoms with Crippen LogP contribution in [0, 0.1) is 6.92 Å². The van der Waals surface area contributed by atoms with Crippen molar-refractivity contribution < 1.29 is 33.7 Å². The molecule has 1 aromatic heterocycles. The number of nitrogens with one attached hydrogen (secondary N) is 1. The van der Waals surface area contributed by atoms with Crippen molar-refractivity contribution in [2.45, 2.75) is 20.5 Å². The molecule has 3 N–H and O–H groups in total. The summed E-state index contributed by atoms with van der Waals surface area (Å²) in [4.78, 5) is 35.7. The molecule has 30 heavy (non-hydrogen) atoms. The van der Waals surface area contributed by atoms with Gasteiger partial charge < -0.3 is 24.1 Å². The zero-order valence-corrected chi connectivity index (χ0v) is 16.2. The summed E-state index contributed by atoms with van der Waals surface area (Å²) in [5.41, 5.74) is 0.442. The Morgan fingerprint density at radius 1 is 1.07 bits per heavy atom. The summed E-state index contributed by atoms with van der Waals surface area (Å²) in [5.74, 6) is -1.85. The number of phenolic OH excluding ortho intramolecular Hbond substituents is 2. The van der Waals surface area contributed by atoms with E-state index in [2.05, 4.69) is 5.32 Å². The van der Waals surface area contributed by atoms with Crippen LogP contribution in [0.15, 0.2) is 45.6 Å². The van der Waals surface area contributed by atoms with Gasteiger partial charge in [0.05, 0.1) is 6.61 Å². The first-order valence-electron chi connectivity index (χ1n) is 8.99. The van der Waals surface area contributed by atoms with Crippen molar-refractivity contribution in [2.24, 2.45) is 0 Å². The van der Waals surface area contributed by atoms with E-state index in [0.29, 0.717) is 22.2 Å². The van der Waals surface area contributed by atoms with Crippen LogP contribution >= 0.6 is 0 Å². The Bertz CT molecular complexity index is 1180. The van der Waals surface area contributed by atoms with Gasteiger partial charge in [-0.05, 0) is 37.6 Å². The number of ether oxygens (including phenoxy) is 2. The second-order valence-corrected chi connectivity index (χ2v) is 6.35. The fraction of sp³-hybridized carbons (Fsp3) is 0.190. The van der Waals surface area contributed by atoms with Crippen LogP contribution in [0.5, 0.6) is 11.5 Å². The van der Waals surface area contributed by atoms with Crippen molar-refractivity contribution in [3.05, 3.63) is 63.5 Å². The molecule has 0 saturated carbocycles. The summed E-state index contributed by atoms with van der Waals surface area (Å²) in [6, 6.07) is 8.60. The maximum atomic E-state index is 12.3. The Balaban J connectivity index is 1.84. The van der Waals surface area contributed by atoms with E-state index in [9.17, 15) is 24.6 Å². The number of hydrogen-bond acceptors (Lipinski definition) is 8. The van der Waals surface area contributed by atoms with Gasteiger partial charge in [-0.2, -0.15) is 0 Å². The van der Waals surface area contributed by atoms with Gasteiger partial charge >= 0.3 is 17.7 Å². The monoisotopic (exact) mass is 413 g/mol. The van der Waals surface area contributed by atoms with Gasteiger partial charge in [0.2, 0.25) is 0 Å². The van der Waals surface area contributed by atoms with Gasteiger partial charge in [0.1, 0.15) is 17.8 Å². The Labute approximate surface area is 170 Å². The second-order valence-electron chi connectivity index (χ2n) is 6.35. The molecule has 0 radical (unpaired) electrons. The molecule has 0 aliphatic carbocycles. The fourth-order valence-corrected chi connectivity index (χ4v) is 2.78. The Kier molecular flexibility index (Phi) is 5.91. The number of phenols is 2. The predicted octanol–water partition coefficient (Wildman–Crippen LogP) is 3.44. The molecule has 3 rings (SSSR count). The number of anilines is 1. The minimum absolute atomic E-state index is 0.179. The first-order valence-corrected chi connectivity index (χ1v) is 8.99. The highest BCUT2D eigenvalue weighted by atomic mass is 16.5. The number of carbonyl (C=O) groups is 2. The summed E-state index contributed by atoms with van der Waals surface area (Å²) >= 11 is 0. The third-order valence-corrected chi connectivity index (χ3v) is 4.28. The number of aryl methyl sites for hydroxylation is 1. The van der Waals surface area contributed by atoms with Crippen LogP contribution in [0.1, 0.15) is 28.4 Å². The molecule has 0 bridgehead atoms. The lowest BCUT2D eigenvalue weighted by molar-refractivity contribution is 0.0469. The van der Waals surface area contributed by atoms with Crippen LogP contribution in [0.25, 0.3) is 11.0 Å². The van der Waals surface area contributed by atoms with Crippen molar-refractivity contribution in [2.75, 3.05) is 11.9 Å². The van der Waals surface area contributed by atoms with E-state index >= 15 is 0 Å². The topological polar surface area (TPSA) is 135 Å². The number of hydrogen-bond donors (Lipinski definition) is 3. The van der Waals surface area contributed by atoms with Crippen molar-refractivity contribution in [1.82, 2.24) is 0 Å². The van der Waals surface area contributed by atoms with Crippen LogP contribution < -0.4 is 10.9 Å². The number of rotatable bonds is 5. The molecule has 0 unspecified atom stereocenters. The largest absolute Gasteiger partial charge is 0.504 e. The van der Waals surface area contributed by atoms with E-state index < -0.39 is 29.2 Å². The maximum Gasteiger partial charge on any atom is 0.411 e. The average Bonchev–Trinajstić information content (AvgIpc) is 2.70. The van der Waals surface area contributed by atoms with E-state index in [1.165, 1.54) is 24.3 Å². The summed E-state index contributed by atoms with van der Waals surface area (Å²) in [6.07, 6.45) is -0.648. The van der Waals surface area contributed by atoms with Crippen LogP contribution in [0.4, 0.5) is 10.5 Å². The SMILES string of the molecule is CCOC(=O)Nc1ccc2c(COC(=O)c3ccc(C)c(O)c3O)cc(=O)oc2c1. The molecule has 9 heteroatoms. The van der Waals surface area contributed by atoms with E-state index in [4.69, 9.17) is 13.9 Å². The number of fused-ring (bicyclic) bond motifs is 1. The fourth-order valence-electron chi connectivity index (χ4n) is 2.78. The minimum Gasteiger partial charge on any atom is -0.504 e. The average molecular weight is 413 g/mol. The molecular formula is C21H19NO8. The number of esters is 1. The number of aromatic hydroxyl groups is 2. The van der Waals surface area contributed by atoms with Crippen molar-refractivity contribution in [1.29, 1.82) is 0 Å². The van der Waals surface area contributed by atoms with E-state index in [1.807, 2.05) is 0 Å². The predicted molar refractivity (Wildman–Crippen MR) is 107 cm³/mol. The van der Waals surface area contributed by atoms with E-state index in [-0.39, 0.29) is 24.4 Å². The normalized spacial score (nSPS) is 10.6. The highest BCUT2D eigenvalue weighted by Crippen LogP contribution is 2.32. The quantitative estimate of drug-likeness (QED) is 0.329. The number of amides is 1. The first-order chi connectivity index (χ1) is 14.3. The maximum absolute atomic E-state index is 12.3. The van der Waals surface area contributed by atoms with Crippen LogP contribution in [-0.4, -0.2) is 28.9 Å². The molecule has 0 aliphatic heterocycles. The molecule has 1 heterocycles. The van der Waals surface area contributed by atoms with Crippen LogP contribution in [0.3, 0.4) is 0 Å². The van der Waals surface area contributed by atoms with Crippen LogP contribution in [0.2, 0.25) is 0 Å². The minimum atomic E-state index is -0.871. The smallest absolute Gasteiger partial charge is 0.411 e. The molecule has 0 fully saturated rings. The van der Waals surface area contributed by atoms with E-state index in [1.54, 1.807) is 26.0 Å². The highest BCUT2D eigenvalue weighted by Gasteiger charge is 2.18. The van der Waals surface area contributed by atoms with Crippen molar-refractivity contribution in [3.8, 4) is 11.5 Å². The Hall–Kier alpha value is -4.01. The lowest BCUT2D eigenvalue weighted by Crippen LogP contribution is -2.13. The molecule has 156 valence electrons. The van der Waals surface area contributed by atoms with Gasteiger partial charge in [-0.3, -0.25) is 5.32 Å². The van der Waals surface area contributed by atoms with Gasteiger partial charge in [0.15, 0.2) is 11.5 Å². The zero-order chi connectivity index (χ0) is 21.8. The molecule has 1 amide bonds. The summed E-state index contributed by atoms with van der Waals surface area (Å²) in [6.45, 7) is 3.17. The molecule has 3 aromatic rings. The van der Waals surface area contributed by atoms with Crippen molar-refractivity contribution in [3.63, 3.8) is 0 Å². The lowest BCUT2D eigenvalue weighted by Gasteiger charge is -2.11. The number of carbonyl (C=O) groups excluding carboxylic acids is 2. The molecule has 2 aromatic carbocycles. The lowest BCUT2D eigenvalue weighted by atomic mass is 10.1. The number of benzene rings is 2. The van der Waals surface area contributed by atoms with Gasteiger partial charge in [-0.25, -0.2) is 14.4 Å². The molecule has 0 atom stereocenters. The van der Waals surface area contributed by atoms with E-state index in [0.717, 1.165) is 0 Å².